The number of halogens is 2. The first kappa shape index (κ1) is 17.1. The van der Waals surface area contributed by atoms with Crippen molar-refractivity contribution in [2.75, 3.05) is 5.32 Å². The van der Waals surface area contributed by atoms with E-state index in [0.717, 1.165) is 11.1 Å². The standard InChI is InChI=1S/C18H17Cl2NO3/c1-8(2)14-10-4-5-11(14)16(18(23)24)15(10)17(22)21-9-3-6-12(19)13(20)7-9/h3-7,10-11,15-16H,1-2H3,(H,21,22)(H,23,24)/t10-,11-,15+,16-/m0/s1. The zero-order chi connectivity index (χ0) is 17.6. The van der Waals surface area contributed by atoms with Crippen LogP contribution in [0.5, 0.6) is 0 Å². The highest BCUT2D eigenvalue weighted by Gasteiger charge is 2.54. The first-order valence-electron chi connectivity index (χ1n) is 7.65. The summed E-state index contributed by atoms with van der Waals surface area (Å²) in [7, 11) is 0. The molecule has 126 valence electrons. The Hall–Kier alpha value is -1.78. The Labute approximate surface area is 150 Å². The molecule has 6 heteroatoms. The Morgan fingerprint density at radius 1 is 1.04 bits per heavy atom. The van der Waals surface area contributed by atoms with Gasteiger partial charge in [-0.3, -0.25) is 9.59 Å². The normalized spacial score (nSPS) is 27.4. The van der Waals surface area contributed by atoms with Gasteiger partial charge in [-0.05, 0) is 32.0 Å². The lowest BCUT2D eigenvalue weighted by molar-refractivity contribution is -0.146. The number of hydrogen-bond donors (Lipinski definition) is 2. The molecule has 2 N–H and O–H groups in total. The van der Waals surface area contributed by atoms with E-state index in [1.54, 1.807) is 18.2 Å². The van der Waals surface area contributed by atoms with E-state index in [4.69, 9.17) is 23.2 Å². The number of hydrogen-bond acceptors (Lipinski definition) is 2. The van der Waals surface area contributed by atoms with Gasteiger partial charge in [-0.2, -0.15) is 0 Å². The van der Waals surface area contributed by atoms with E-state index in [0.29, 0.717) is 15.7 Å². The molecule has 4 atom stereocenters. The summed E-state index contributed by atoms with van der Waals surface area (Å²) in [6, 6.07) is 4.80. The van der Waals surface area contributed by atoms with Gasteiger partial charge >= 0.3 is 5.97 Å². The summed E-state index contributed by atoms with van der Waals surface area (Å²) in [5, 5.41) is 13.1. The van der Waals surface area contributed by atoms with E-state index in [1.165, 1.54) is 0 Å². The number of rotatable bonds is 3. The second kappa shape index (κ2) is 6.26. The first-order chi connectivity index (χ1) is 11.3. The Morgan fingerprint density at radius 2 is 1.67 bits per heavy atom. The zero-order valence-corrected chi connectivity index (χ0v) is 14.7. The minimum atomic E-state index is -0.945. The molecule has 0 unspecified atom stereocenters. The van der Waals surface area contributed by atoms with Crippen molar-refractivity contribution in [1.82, 2.24) is 0 Å². The summed E-state index contributed by atoms with van der Waals surface area (Å²) in [6.07, 6.45) is 3.86. The summed E-state index contributed by atoms with van der Waals surface area (Å²) in [6.45, 7) is 3.92. The molecule has 3 rings (SSSR count). The van der Waals surface area contributed by atoms with E-state index in [2.05, 4.69) is 5.32 Å². The SMILES string of the molecule is CC(C)=C1[C@@H]2C=C[C@@H]1[C@@H](C(=O)Nc1ccc(Cl)c(Cl)c1)[C@H]2C(=O)O. The Balaban J connectivity index is 1.91. The maximum absolute atomic E-state index is 12.8. The van der Waals surface area contributed by atoms with Crippen molar-refractivity contribution >= 4 is 40.8 Å². The number of allylic oxidation sites excluding steroid dienone is 4. The van der Waals surface area contributed by atoms with Gasteiger partial charge in [0.25, 0.3) is 0 Å². The van der Waals surface area contributed by atoms with Crippen LogP contribution < -0.4 is 5.32 Å². The third-order valence-electron chi connectivity index (χ3n) is 4.76. The molecule has 2 aliphatic carbocycles. The maximum Gasteiger partial charge on any atom is 0.308 e. The molecule has 0 aromatic heterocycles. The van der Waals surface area contributed by atoms with Crippen LogP contribution in [0.25, 0.3) is 0 Å². The molecule has 1 aromatic carbocycles. The van der Waals surface area contributed by atoms with Gasteiger partial charge in [0.2, 0.25) is 5.91 Å². The number of nitrogens with one attached hydrogen (secondary N) is 1. The van der Waals surface area contributed by atoms with E-state index in [-0.39, 0.29) is 17.7 Å². The molecule has 0 spiro atoms. The molecule has 1 fully saturated rings. The highest BCUT2D eigenvalue weighted by Crippen LogP contribution is 2.53. The van der Waals surface area contributed by atoms with Crippen molar-refractivity contribution in [3.05, 3.63) is 51.5 Å². The Bertz CT molecular complexity index is 780. The molecule has 1 aromatic rings. The van der Waals surface area contributed by atoms with Crippen molar-refractivity contribution in [3.8, 4) is 0 Å². The van der Waals surface area contributed by atoms with Gasteiger partial charge in [-0.1, -0.05) is 46.5 Å². The highest BCUT2D eigenvalue weighted by atomic mass is 35.5. The predicted molar refractivity (Wildman–Crippen MR) is 94.2 cm³/mol. The van der Waals surface area contributed by atoms with Crippen LogP contribution in [0.2, 0.25) is 10.0 Å². The second-order valence-corrected chi connectivity index (χ2v) is 7.21. The second-order valence-electron chi connectivity index (χ2n) is 6.40. The number of carboxylic acid groups (broad SMARTS) is 1. The number of carbonyl (C=O) groups is 2. The number of carboxylic acids is 1. The van der Waals surface area contributed by atoms with E-state index in [9.17, 15) is 14.7 Å². The fraction of sp³-hybridized carbons (Fsp3) is 0.333. The largest absolute Gasteiger partial charge is 0.481 e. The number of carbonyl (C=O) groups excluding carboxylic acids is 1. The third kappa shape index (κ3) is 2.74. The quantitative estimate of drug-likeness (QED) is 0.780. The summed E-state index contributed by atoms with van der Waals surface area (Å²) < 4.78 is 0. The van der Waals surface area contributed by atoms with Gasteiger partial charge in [-0.25, -0.2) is 0 Å². The Kier molecular flexibility index (Phi) is 4.45. The smallest absolute Gasteiger partial charge is 0.308 e. The van der Waals surface area contributed by atoms with Crippen LogP contribution in [-0.4, -0.2) is 17.0 Å². The summed E-state index contributed by atoms with van der Waals surface area (Å²) in [5.41, 5.74) is 2.63. The van der Waals surface area contributed by atoms with Crippen LogP contribution in [0.15, 0.2) is 41.5 Å². The molecule has 1 saturated carbocycles. The van der Waals surface area contributed by atoms with Crippen molar-refractivity contribution in [2.24, 2.45) is 23.7 Å². The summed E-state index contributed by atoms with van der Waals surface area (Å²) in [4.78, 5) is 24.5. The Morgan fingerprint density at radius 3 is 2.21 bits per heavy atom. The maximum atomic E-state index is 12.8. The lowest BCUT2D eigenvalue weighted by atomic mass is 9.82. The molecule has 0 heterocycles. The number of fused-ring (bicyclic) bond motifs is 2. The summed E-state index contributed by atoms with van der Waals surface area (Å²) in [5.74, 6) is -2.99. The van der Waals surface area contributed by atoms with Gasteiger partial charge in [0.1, 0.15) is 0 Å². The fourth-order valence-electron chi connectivity index (χ4n) is 3.84. The lowest BCUT2D eigenvalue weighted by Gasteiger charge is -2.23. The van der Waals surface area contributed by atoms with E-state index < -0.39 is 17.8 Å². The molecule has 24 heavy (non-hydrogen) atoms. The number of anilines is 1. The predicted octanol–water partition coefficient (Wildman–Crippen LogP) is 4.40. The topological polar surface area (TPSA) is 66.4 Å². The minimum Gasteiger partial charge on any atom is -0.481 e. The average Bonchev–Trinajstić information content (AvgIpc) is 3.06. The first-order valence-corrected chi connectivity index (χ1v) is 8.41. The molecule has 4 nitrogen and oxygen atoms in total. The van der Waals surface area contributed by atoms with Crippen LogP contribution in [-0.2, 0) is 9.59 Å². The van der Waals surface area contributed by atoms with Crippen LogP contribution >= 0.6 is 23.2 Å². The molecule has 2 aliphatic rings. The molecule has 0 saturated heterocycles. The molecule has 0 radical (unpaired) electrons. The van der Waals surface area contributed by atoms with Crippen LogP contribution in [0.1, 0.15) is 13.8 Å². The van der Waals surface area contributed by atoms with E-state index in [1.807, 2.05) is 26.0 Å². The number of benzene rings is 1. The molecule has 0 aliphatic heterocycles. The van der Waals surface area contributed by atoms with Gasteiger partial charge in [-0.15, -0.1) is 0 Å². The van der Waals surface area contributed by atoms with Crippen molar-refractivity contribution < 1.29 is 14.7 Å². The highest BCUT2D eigenvalue weighted by molar-refractivity contribution is 6.42. The van der Waals surface area contributed by atoms with Gasteiger partial charge in [0.15, 0.2) is 0 Å². The van der Waals surface area contributed by atoms with Gasteiger partial charge in [0, 0.05) is 17.5 Å². The number of aliphatic carboxylic acids is 1. The lowest BCUT2D eigenvalue weighted by Crippen LogP contribution is -2.36. The van der Waals surface area contributed by atoms with Gasteiger partial charge < -0.3 is 10.4 Å². The molecular weight excluding hydrogens is 349 g/mol. The van der Waals surface area contributed by atoms with E-state index >= 15 is 0 Å². The summed E-state index contributed by atoms with van der Waals surface area (Å²) >= 11 is 11.8. The van der Waals surface area contributed by atoms with Gasteiger partial charge in [0.05, 0.1) is 21.9 Å². The van der Waals surface area contributed by atoms with Crippen LogP contribution in [0, 0.1) is 23.7 Å². The average molecular weight is 366 g/mol. The van der Waals surface area contributed by atoms with Crippen molar-refractivity contribution in [3.63, 3.8) is 0 Å². The fourth-order valence-corrected chi connectivity index (χ4v) is 4.14. The van der Waals surface area contributed by atoms with Crippen molar-refractivity contribution in [2.45, 2.75) is 13.8 Å². The van der Waals surface area contributed by atoms with Crippen LogP contribution in [0.3, 0.4) is 0 Å². The van der Waals surface area contributed by atoms with Crippen LogP contribution in [0.4, 0.5) is 5.69 Å². The molecular formula is C18H17Cl2NO3. The minimum absolute atomic E-state index is 0.163. The molecule has 1 amide bonds. The molecule has 2 bridgehead atoms. The third-order valence-corrected chi connectivity index (χ3v) is 5.50. The van der Waals surface area contributed by atoms with Crippen molar-refractivity contribution in [1.29, 1.82) is 0 Å². The monoisotopic (exact) mass is 365 g/mol. The number of amides is 1. The zero-order valence-electron chi connectivity index (χ0n) is 13.2.